The zero-order chi connectivity index (χ0) is 19.9. The maximum Gasteiger partial charge on any atom is 0.314 e. The molecule has 1 aliphatic rings. The number of ether oxygens (including phenoxy) is 1. The number of aromatic nitrogens is 1. The molecule has 0 atom stereocenters. The number of primary amides is 1. The molecule has 1 aliphatic heterocycles. The van der Waals surface area contributed by atoms with Gasteiger partial charge in [0.15, 0.2) is 0 Å². The van der Waals surface area contributed by atoms with E-state index in [2.05, 4.69) is 4.98 Å². The second kappa shape index (κ2) is 9.36. The highest BCUT2D eigenvalue weighted by atomic mass is 32.1. The van der Waals surface area contributed by atoms with E-state index in [1.165, 1.54) is 0 Å². The van der Waals surface area contributed by atoms with Crippen molar-refractivity contribution in [3.63, 3.8) is 0 Å². The molecule has 0 spiro atoms. The number of aryl methyl sites for hydroxylation is 1. The van der Waals surface area contributed by atoms with E-state index < -0.39 is 6.03 Å². The topological polar surface area (TPSA) is 88.8 Å². The highest BCUT2D eigenvalue weighted by Crippen LogP contribution is 2.21. The Morgan fingerprint density at radius 1 is 1.21 bits per heavy atom. The van der Waals surface area contributed by atoms with Gasteiger partial charge in [-0.25, -0.2) is 9.78 Å². The second-order valence-corrected chi connectivity index (χ2v) is 7.58. The summed E-state index contributed by atoms with van der Waals surface area (Å²) < 4.78 is 5.88. The summed E-state index contributed by atoms with van der Waals surface area (Å²) in [5, 5.41) is 2.98. The van der Waals surface area contributed by atoms with Crippen LogP contribution in [-0.4, -0.2) is 52.9 Å². The van der Waals surface area contributed by atoms with Gasteiger partial charge in [-0.3, -0.25) is 4.79 Å². The van der Waals surface area contributed by atoms with Crippen molar-refractivity contribution in [1.29, 1.82) is 0 Å². The average Bonchev–Trinajstić information content (AvgIpc) is 2.94. The SMILES string of the molecule is Cc1nc(COc2ccccc2C=CC(=O)N2CCCN(C(N)=O)CC2)cs1. The molecule has 28 heavy (non-hydrogen) atoms. The molecular formula is C20H24N4O3S. The Kier molecular flexibility index (Phi) is 6.65. The van der Waals surface area contributed by atoms with Crippen molar-refractivity contribution < 1.29 is 14.3 Å². The molecule has 2 aromatic rings. The van der Waals surface area contributed by atoms with Crippen molar-refractivity contribution in [2.24, 2.45) is 5.73 Å². The maximum atomic E-state index is 12.5. The fourth-order valence-electron chi connectivity index (χ4n) is 3.00. The summed E-state index contributed by atoms with van der Waals surface area (Å²) in [6.45, 7) is 4.47. The average molecular weight is 401 g/mol. The fourth-order valence-corrected chi connectivity index (χ4v) is 3.60. The zero-order valence-corrected chi connectivity index (χ0v) is 16.7. The van der Waals surface area contributed by atoms with E-state index in [4.69, 9.17) is 10.5 Å². The maximum absolute atomic E-state index is 12.5. The number of benzene rings is 1. The van der Waals surface area contributed by atoms with Gasteiger partial charge in [-0.15, -0.1) is 11.3 Å². The van der Waals surface area contributed by atoms with E-state index in [0.717, 1.165) is 22.7 Å². The lowest BCUT2D eigenvalue weighted by atomic mass is 10.2. The number of hydrogen-bond donors (Lipinski definition) is 1. The molecule has 148 valence electrons. The number of para-hydroxylation sites is 1. The number of carbonyl (C=O) groups excluding carboxylic acids is 2. The van der Waals surface area contributed by atoms with E-state index in [1.807, 2.05) is 36.6 Å². The Balaban J connectivity index is 1.61. The molecular weight excluding hydrogens is 376 g/mol. The Bertz CT molecular complexity index is 865. The Hall–Kier alpha value is -2.87. The van der Waals surface area contributed by atoms with Gasteiger partial charge in [0.2, 0.25) is 5.91 Å². The third-order valence-electron chi connectivity index (χ3n) is 4.49. The largest absolute Gasteiger partial charge is 0.487 e. The lowest BCUT2D eigenvalue weighted by Crippen LogP contribution is -2.39. The van der Waals surface area contributed by atoms with Gasteiger partial charge in [0.25, 0.3) is 0 Å². The number of hydrogen-bond acceptors (Lipinski definition) is 5. The van der Waals surface area contributed by atoms with Gasteiger partial charge in [-0.1, -0.05) is 18.2 Å². The van der Waals surface area contributed by atoms with Crippen LogP contribution < -0.4 is 10.5 Å². The molecule has 0 radical (unpaired) electrons. The first-order valence-electron chi connectivity index (χ1n) is 9.17. The number of urea groups is 1. The molecule has 1 fully saturated rings. The molecule has 3 rings (SSSR count). The summed E-state index contributed by atoms with van der Waals surface area (Å²) in [5.74, 6) is 0.615. The van der Waals surface area contributed by atoms with Gasteiger partial charge in [-0.05, 0) is 25.5 Å². The van der Waals surface area contributed by atoms with Crippen LogP contribution in [0.3, 0.4) is 0 Å². The molecule has 0 aliphatic carbocycles. The van der Waals surface area contributed by atoms with Crippen molar-refractivity contribution in [2.45, 2.75) is 20.0 Å². The number of amides is 3. The van der Waals surface area contributed by atoms with Crippen LogP contribution in [0.25, 0.3) is 6.08 Å². The molecule has 7 nitrogen and oxygen atoms in total. The van der Waals surface area contributed by atoms with Gasteiger partial charge < -0.3 is 20.3 Å². The molecule has 0 bridgehead atoms. The summed E-state index contributed by atoms with van der Waals surface area (Å²) >= 11 is 1.59. The van der Waals surface area contributed by atoms with Crippen LogP contribution >= 0.6 is 11.3 Å². The fraction of sp³-hybridized carbons (Fsp3) is 0.350. The number of nitrogens with zero attached hydrogens (tertiary/aromatic N) is 3. The molecule has 0 unspecified atom stereocenters. The quantitative estimate of drug-likeness (QED) is 0.782. The van der Waals surface area contributed by atoms with Gasteiger partial charge in [0.1, 0.15) is 12.4 Å². The van der Waals surface area contributed by atoms with Crippen molar-refractivity contribution in [2.75, 3.05) is 26.2 Å². The predicted molar refractivity (Wildman–Crippen MR) is 109 cm³/mol. The predicted octanol–water partition coefficient (Wildman–Crippen LogP) is 2.66. The monoisotopic (exact) mass is 400 g/mol. The minimum atomic E-state index is -0.439. The van der Waals surface area contributed by atoms with Crippen LogP contribution in [0.5, 0.6) is 5.75 Å². The minimum Gasteiger partial charge on any atom is -0.487 e. The smallest absolute Gasteiger partial charge is 0.314 e. The first-order chi connectivity index (χ1) is 13.5. The minimum absolute atomic E-state index is 0.0868. The van der Waals surface area contributed by atoms with E-state index in [0.29, 0.717) is 38.5 Å². The summed E-state index contributed by atoms with van der Waals surface area (Å²) in [7, 11) is 0. The van der Waals surface area contributed by atoms with Gasteiger partial charge in [0.05, 0.1) is 10.7 Å². The van der Waals surface area contributed by atoms with Crippen molar-refractivity contribution in [1.82, 2.24) is 14.8 Å². The van der Waals surface area contributed by atoms with Gasteiger partial charge in [0, 0.05) is 43.2 Å². The van der Waals surface area contributed by atoms with E-state index in [-0.39, 0.29) is 5.91 Å². The second-order valence-electron chi connectivity index (χ2n) is 6.52. The van der Waals surface area contributed by atoms with Crippen molar-refractivity contribution >= 4 is 29.4 Å². The molecule has 0 saturated carbocycles. The molecule has 8 heteroatoms. The molecule has 1 saturated heterocycles. The first kappa shape index (κ1) is 19.9. The summed E-state index contributed by atoms with van der Waals surface area (Å²) in [6.07, 6.45) is 4.03. The zero-order valence-electron chi connectivity index (χ0n) is 15.8. The van der Waals surface area contributed by atoms with E-state index >= 15 is 0 Å². The molecule has 2 heterocycles. The van der Waals surface area contributed by atoms with Crippen LogP contribution in [0.1, 0.15) is 22.7 Å². The van der Waals surface area contributed by atoms with Crippen LogP contribution in [-0.2, 0) is 11.4 Å². The van der Waals surface area contributed by atoms with Gasteiger partial charge >= 0.3 is 6.03 Å². The Morgan fingerprint density at radius 3 is 2.71 bits per heavy atom. The third kappa shape index (κ3) is 5.32. The Morgan fingerprint density at radius 2 is 1.96 bits per heavy atom. The molecule has 1 aromatic heterocycles. The van der Waals surface area contributed by atoms with E-state index in [9.17, 15) is 9.59 Å². The van der Waals surface area contributed by atoms with Crippen LogP contribution in [0, 0.1) is 6.92 Å². The van der Waals surface area contributed by atoms with Crippen LogP contribution in [0.15, 0.2) is 35.7 Å². The lowest BCUT2D eigenvalue weighted by molar-refractivity contribution is -0.125. The van der Waals surface area contributed by atoms with E-state index in [1.54, 1.807) is 33.3 Å². The summed E-state index contributed by atoms with van der Waals surface area (Å²) in [6, 6.07) is 7.14. The van der Waals surface area contributed by atoms with Crippen molar-refractivity contribution in [3.8, 4) is 5.75 Å². The van der Waals surface area contributed by atoms with Crippen LogP contribution in [0.2, 0.25) is 0 Å². The number of nitrogens with two attached hydrogens (primary N) is 1. The normalized spacial score (nSPS) is 14.9. The first-order valence-corrected chi connectivity index (χ1v) is 10.0. The molecule has 2 N–H and O–H groups in total. The number of rotatable bonds is 5. The lowest BCUT2D eigenvalue weighted by Gasteiger charge is -2.19. The highest BCUT2D eigenvalue weighted by molar-refractivity contribution is 7.09. The summed E-state index contributed by atoms with van der Waals surface area (Å²) in [5.41, 5.74) is 7.05. The standard InChI is InChI=1S/C20H24N4O3S/c1-15-22-17(14-28-15)13-27-18-6-3-2-5-16(18)7-8-19(25)23-9-4-10-24(12-11-23)20(21)26/h2-3,5-8,14H,4,9-13H2,1H3,(H2,21,26). The molecule has 3 amide bonds. The number of carbonyl (C=O) groups is 2. The third-order valence-corrected chi connectivity index (χ3v) is 5.31. The highest BCUT2D eigenvalue weighted by Gasteiger charge is 2.19. The number of thiazole rings is 1. The van der Waals surface area contributed by atoms with Gasteiger partial charge in [-0.2, -0.15) is 0 Å². The summed E-state index contributed by atoms with van der Waals surface area (Å²) in [4.78, 5) is 31.6. The molecule has 1 aromatic carbocycles. The van der Waals surface area contributed by atoms with Crippen LogP contribution in [0.4, 0.5) is 4.79 Å². The Labute approximate surface area is 168 Å². The van der Waals surface area contributed by atoms with Crippen molar-refractivity contribution in [3.05, 3.63) is 52.0 Å².